The molecular weight excluding hydrogens is 703 g/mol. The molecule has 0 saturated heterocycles. The van der Waals surface area contributed by atoms with E-state index in [4.69, 9.17) is 23.8 Å². The predicted molar refractivity (Wildman–Crippen MR) is 228 cm³/mol. The van der Waals surface area contributed by atoms with Crippen LogP contribution in [0.1, 0.15) is 0 Å². The summed E-state index contributed by atoms with van der Waals surface area (Å²) in [6, 6.07) is 56.5. The minimum atomic E-state index is 0.548. The van der Waals surface area contributed by atoms with E-state index in [1.54, 1.807) is 12.4 Å². The Kier molecular flexibility index (Phi) is 6.79. The Morgan fingerprint density at radius 2 is 0.860 bits per heavy atom. The van der Waals surface area contributed by atoms with Crippen LogP contribution in [0, 0.1) is 0 Å². The maximum Gasteiger partial charge on any atom is 0.164 e. The summed E-state index contributed by atoms with van der Waals surface area (Å²) in [5.74, 6) is 1.69. The van der Waals surface area contributed by atoms with E-state index in [1.165, 1.54) is 10.8 Å². The van der Waals surface area contributed by atoms with E-state index in [2.05, 4.69) is 131 Å². The second kappa shape index (κ2) is 12.3. The van der Waals surface area contributed by atoms with Crippen molar-refractivity contribution in [3.8, 4) is 51.0 Å². The molecule has 0 amide bonds. The largest absolute Gasteiger partial charge is 0.456 e. The molecule has 0 aliphatic heterocycles. The van der Waals surface area contributed by atoms with Crippen LogP contribution in [0.5, 0.6) is 0 Å². The summed E-state index contributed by atoms with van der Waals surface area (Å²) >= 11 is 0. The molecule has 7 heteroatoms. The molecule has 7 aromatic carbocycles. The number of rotatable bonds is 5. The summed E-state index contributed by atoms with van der Waals surface area (Å²) in [6.07, 6.45) is 3.53. The highest BCUT2D eigenvalue weighted by atomic mass is 16.3. The van der Waals surface area contributed by atoms with Crippen molar-refractivity contribution in [1.82, 2.24) is 24.5 Å². The average Bonchev–Trinajstić information content (AvgIpc) is 3.95. The van der Waals surface area contributed by atoms with E-state index in [1.807, 2.05) is 42.5 Å². The van der Waals surface area contributed by atoms with Crippen molar-refractivity contribution in [3.63, 3.8) is 0 Å². The van der Waals surface area contributed by atoms with Gasteiger partial charge in [0.2, 0.25) is 0 Å². The van der Waals surface area contributed by atoms with E-state index >= 15 is 0 Å². The highest BCUT2D eigenvalue weighted by Crippen LogP contribution is 2.37. The predicted octanol–water partition coefficient (Wildman–Crippen LogP) is 12.8. The first kappa shape index (κ1) is 31.5. The van der Waals surface area contributed by atoms with Gasteiger partial charge in [0, 0.05) is 60.9 Å². The number of hydrogen-bond acceptors (Lipinski definition) is 6. The van der Waals surface area contributed by atoms with E-state index < -0.39 is 0 Å². The number of nitrogens with zero attached hydrogens (tertiary/aromatic N) is 5. The fraction of sp³-hybridized carbons (Fsp3) is 0. The molecule has 0 radical (unpaired) electrons. The number of benzene rings is 7. The molecule has 0 unspecified atom stereocenters. The number of fused-ring (bicyclic) bond motifs is 9. The Morgan fingerprint density at radius 3 is 1.60 bits per heavy atom. The molecule has 12 aromatic rings. The van der Waals surface area contributed by atoms with Crippen molar-refractivity contribution < 1.29 is 8.83 Å². The normalized spacial score (nSPS) is 11.9. The summed E-state index contributed by atoms with van der Waals surface area (Å²) in [7, 11) is 0. The molecule has 7 nitrogen and oxygen atoms in total. The summed E-state index contributed by atoms with van der Waals surface area (Å²) in [4.78, 5) is 19.7. The molecule has 0 atom stereocenters. The van der Waals surface area contributed by atoms with Crippen LogP contribution in [-0.2, 0) is 0 Å². The average molecular weight is 732 g/mol. The molecule has 12 rings (SSSR count). The molecule has 0 aliphatic rings. The highest BCUT2D eigenvalue weighted by molar-refractivity contribution is 6.09. The zero-order chi connectivity index (χ0) is 37.5. The van der Waals surface area contributed by atoms with Crippen LogP contribution >= 0.6 is 0 Å². The zero-order valence-electron chi connectivity index (χ0n) is 30.3. The SMILES string of the molecule is c1cc(-c2ccc3c(c2)oc2ccccc23)cc(-c2nc(-c3cccc(-n4c5ccccc5c5ccccc54)c3)nc(-c3ccc4c(c3)oc3cnccc34)n2)c1. The molecule has 0 fully saturated rings. The lowest BCUT2D eigenvalue weighted by atomic mass is 10.0. The minimum absolute atomic E-state index is 0.548. The van der Waals surface area contributed by atoms with E-state index in [0.29, 0.717) is 17.5 Å². The van der Waals surface area contributed by atoms with Gasteiger partial charge in [-0.1, -0.05) is 97.1 Å². The third-order valence-corrected chi connectivity index (χ3v) is 10.9. The third-order valence-electron chi connectivity index (χ3n) is 10.9. The Morgan fingerprint density at radius 1 is 0.351 bits per heavy atom. The van der Waals surface area contributed by atoms with Gasteiger partial charge in [-0.25, -0.2) is 15.0 Å². The van der Waals surface area contributed by atoms with E-state index in [9.17, 15) is 0 Å². The van der Waals surface area contributed by atoms with Crippen molar-refractivity contribution in [1.29, 1.82) is 0 Å². The lowest BCUT2D eigenvalue weighted by Crippen LogP contribution is -2.01. The van der Waals surface area contributed by atoms with Crippen molar-refractivity contribution in [2.24, 2.45) is 0 Å². The molecule has 266 valence electrons. The van der Waals surface area contributed by atoms with Gasteiger partial charge in [-0.3, -0.25) is 4.98 Å². The number of pyridine rings is 1. The third kappa shape index (κ3) is 5.06. The quantitative estimate of drug-likeness (QED) is 0.175. The Balaban J connectivity index is 1.03. The van der Waals surface area contributed by atoms with Gasteiger partial charge in [0.25, 0.3) is 0 Å². The molecular formula is C50H29N5O2. The summed E-state index contributed by atoms with van der Waals surface area (Å²) in [6.45, 7) is 0. The molecule has 5 aromatic heterocycles. The van der Waals surface area contributed by atoms with Crippen LogP contribution in [0.15, 0.2) is 185 Å². The van der Waals surface area contributed by atoms with Crippen molar-refractivity contribution in [2.45, 2.75) is 0 Å². The van der Waals surface area contributed by atoms with E-state index in [0.717, 1.165) is 88.4 Å². The Hall–Kier alpha value is -7.90. The van der Waals surface area contributed by atoms with Gasteiger partial charge >= 0.3 is 0 Å². The molecule has 5 heterocycles. The topological polar surface area (TPSA) is 82.8 Å². The first-order valence-electron chi connectivity index (χ1n) is 18.9. The van der Waals surface area contributed by atoms with Crippen LogP contribution in [0.2, 0.25) is 0 Å². The maximum atomic E-state index is 6.25. The van der Waals surface area contributed by atoms with Gasteiger partial charge in [0.05, 0.1) is 17.2 Å². The second-order valence-electron chi connectivity index (χ2n) is 14.3. The van der Waals surface area contributed by atoms with Gasteiger partial charge < -0.3 is 13.4 Å². The monoisotopic (exact) mass is 731 g/mol. The van der Waals surface area contributed by atoms with Crippen LogP contribution < -0.4 is 0 Å². The minimum Gasteiger partial charge on any atom is -0.456 e. The lowest BCUT2D eigenvalue weighted by molar-refractivity contribution is 0.667. The smallest absolute Gasteiger partial charge is 0.164 e. The van der Waals surface area contributed by atoms with Gasteiger partial charge in [-0.2, -0.15) is 0 Å². The Labute approximate surface area is 325 Å². The lowest BCUT2D eigenvalue weighted by Gasteiger charge is -2.12. The molecule has 57 heavy (non-hydrogen) atoms. The molecule has 0 spiro atoms. The van der Waals surface area contributed by atoms with Crippen LogP contribution in [0.4, 0.5) is 0 Å². The van der Waals surface area contributed by atoms with Gasteiger partial charge in [-0.15, -0.1) is 0 Å². The maximum absolute atomic E-state index is 6.25. The summed E-state index contributed by atoms with van der Waals surface area (Å²) in [5, 5.41) is 6.65. The van der Waals surface area contributed by atoms with Gasteiger partial charge in [0.1, 0.15) is 16.7 Å². The zero-order valence-corrected chi connectivity index (χ0v) is 30.3. The molecule has 0 bridgehead atoms. The highest BCUT2D eigenvalue weighted by Gasteiger charge is 2.18. The second-order valence-corrected chi connectivity index (χ2v) is 14.3. The van der Waals surface area contributed by atoms with Crippen LogP contribution in [0.25, 0.3) is 117 Å². The van der Waals surface area contributed by atoms with Gasteiger partial charge in [0.15, 0.2) is 23.1 Å². The summed E-state index contributed by atoms with van der Waals surface area (Å²) < 4.78 is 14.8. The van der Waals surface area contributed by atoms with Crippen molar-refractivity contribution >= 4 is 65.7 Å². The number of furan rings is 2. The molecule has 0 saturated carbocycles. The fourth-order valence-corrected chi connectivity index (χ4v) is 8.26. The Bertz CT molecular complexity index is 3500. The first-order chi connectivity index (χ1) is 28.2. The van der Waals surface area contributed by atoms with Gasteiger partial charge in [-0.05, 0) is 77.9 Å². The van der Waals surface area contributed by atoms with Crippen molar-refractivity contribution in [2.75, 3.05) is 0 Å². The van der Waals surface area contributed by atoms with E-state index in [-0.39, 0.29) is 0 Å². The van der Waals surface area contributed by atoms with Crippen LogP contribution in [-0.4, -0.2) is 24.5 Å². The van der Waals surface area contributed by atoms with Crippen molar-refractivity contribution in [3.05, 3.63) is 176 Å². The molecule has 0 N–H and O–H groups in total. The van der Waals surface area contributed by atoms with Crippen LogP contribution in [0.3, 0.4) is 0 Å². The summed E-state index contributed by atoms with van der Waals surface area (Å²) in [5.41, 5.74) is 11.2. The number of hydrogen-bond donors (Lipinski definition) is 0. The number of aromatic nitrogens is 5. The molecule has 0 aliphatic carbocycles. The standard InChI is InChI=1S/C50H29N5O2/c1-4-16-42-36(13-1)37-14-2-5-17-43(37)55(42)35-12-8-11-33(26-35)49-52-48(53-50(54-49)34-20-22-40-41-23-24-51-29-47(41)57-46(40)28-34)32-10-7-9-30(25-32)31-19-21-39-38-15-3-6-18-44(38)56-45(39)27-31/h1-29H. The number of para-hydroxylation sites is 3. The first-order valence-corrected chi connectivity index (χ1v) is 18.9. The fourth-order valence-electron chi connectivity index (χ4n) is 8.26.